The normalized spacial score (nSPS) is 27.7. The van der Waals surface area contributed by atoms with E-state index < -0.39 is 0 Å². The lowest BCUT2D eigenvalue weighted by Crippen LogP contribution is -2.26. The zero-order chi connectivity index (χ0) is 6.69. The molecule has 1 heterocycles. The van der Waals surface area contributed by atoms with Crippen molar-refractivity contribution < 1.29 is 14.3 Å². The minimum Gasteiger partial charge on any atom is -0.465 e. The predicted octanol–water partition coefficient (Wildman–Crippen LogP) is 0.338. The van der Waals surface area contributed by atoms with Crippen molar-refractivity contribution in [3.05, 3.63) is 0 Å². The van der Waals surface area contributed by atoms with Crippen LogP contribution in [0.2, 0.25) is 0 Å². The van der Waals surface area contributed by atoms with Crippen molar-refractivity contribution in [1.29, 1.82) is 0 Å². The summed E-state index contributed by atoms with van der Waals surface area (Å²) in [5.41, 5.74) is 0. The van der Waals surface area contributed by atoms with Crippen LogP contribution in [0, 0.1) is 0 Å². The molecule has 0 aromatic heterocycles. The lowest BCUT2D eigenvalue weighted by atomic mass is 10.1. The molecule has 3 heteroatoms. The van der Waals surface area contributed by atoms with Gasteiger partial charge in [0, 0.05) is 13.5 Å². The smallest absolute Gasteiger partial charge is 0.308 e. The number of hydrogen-bond acceptors (Lipinski definition) is 3. The third kappa shape index (κ3) is 1.68. The van der Waals surface area contributed by atoms with E-state index in [0.29, 0.717) is 13.0 Å². The third-order valence-corrected chi connectivity index (χ3v) is 1.43. The van der Waals surface area contributed by atoms with Gasteiger partial charge in [0.2, 0.25) is 0 Å². The van der Waals surface area contributed by atoms with E-state index in [1.807, 2.05) is 0 Å². The standard InChI is InChI=1S/C6H10O3/c1-8-5-2-3-9-6(7)4-5/h5H,2-4H2,1H3/t5-/m0/s1. The van der Waals surface area contributed by atoms with Gasteiger partial charge in [-0.25, -0.2) is 0 Å². The van der Waals surface area contributed by atoms with E-state index in [1.54, 1.807) is 7.11 Å². The number of cyclic esters (lactones) is 1. The third-order valence-electron chi connectivity index (χ3n) is 1.43. The van der Waals surface area contributed by atoms with Crippen molar-refractivity contribution >= 4 is 5.97 Å². The largest absolute Gasteiger partial charge is 0.465 e. The summed E-state index contributed by atoms with van der Waals surface area (Å²) in [7, 11) is 1.61. The predicted molar refractivity (Wildman–Crippen MR) is 31.0 cm³/mol. The van der Waals surface area contributed by atoms with Crippen molar-refractivity contribution in [3.63, 3.8) is 0 Å². The Bertz CT molecular complexity index is 111. The zero-order valence-corrected chi connectivity index (χ0v) is 5.42. The van der Waals surface area contributed by atoms with Gasteiger partial charge in [-0.15, -0.1) is 0 Å². The van der Waals surface area contributed by atoms with E-state index in [1.165, 1.54) is 0 Å². The molecule has 0 N–H and O–H groups in total. The van der Waals surface area contributed by atoms with Crippen LogP contribution in [0.25, 0.3) is 0 Å². The Balaban J connectivity index is 2.32. The second-order valence-corrected chi connectivity index (χ2v) is 2.07. The van der Waals surface area contributed by atoms with Gasteiger partial charge in [-0.2, -0.15) is 0 Å². The maximum atomic E-state index is 10.5. The average Bonchev–Trinajstić information content (AvgIpc) is 1.88. The van der Waals surface area contributed by atoms with Crippen LogP contribution < -0.4 is 0 Å². The summed E-state index contributed by atoms with van der Waals surface area (Å²) in [6.07, 6.45) is 1.34. The Morgan fingerprint density at radius 1 is 1.78 bits per heavy atom. The van der Waals surface area contributed by atoms with Gasteiger partial charge in [0.1, 0.15) is 0 Å². The van der Waals surface area contributed by atoms with Crippen LogP contribution in [0.4, 0.5) is 0 Å². The summed E-state index contributed by atoms with van der Waals surface area (Å²) in [5, 5.41) is 0. The molecule has 0 radical (unpaired) electrons. The molecule has 1 aliphatic heterocycles. The number of hydrogen-bond donors (Lipinski definition) is 0. The second kappa shape index (κ2) is 2.82. The first-order valence-electron chi connectivity index (χ1n) is 3.01. The molecule has 0 aromatic carbocycles. The fourth-order valence-electron chi connectivity index (χ4n) is 0.852. The number of ether oxygens (including phenoxy) is 2. The molecular formula is C6H10O3. The van der Waals surface area contributed by atoms with Crippen LogP contribution in [0.1, 0.15) is 12.8 Å². The van der Waals surface area contributed by atoms with Crippen LogP contribution >= 0.6 is 0 Å². The Hall–Kier alpha value is -0.570. The molecule has 0 saturated carbocycles. The van der Waals surface area contributed by atoms with Crippen molar-refractivity contribution in [2.24, 2.45) is 0 Å². The highest BCUT2D eigenvalue weighted by Gasteiger charge is 2.19. The number of esters is 1. The van der Waals surface area contributed by atoms with Crippen LogP contribution in [0.15, 0.2) is 0 Å². The molecular weight excluding hydrogens is 120 g/mol. The molecule has 0 unspecified atom stereocenters. The first-order valence-corrected chi connectivity index (χ1v) is 3.01. The Kier molecular flexibility index (Phi) is 2.05. The highest BCUT2D eigenvalue weighted by Crippen LogP contribution is 2.09. The molecule has 0 amide bonds. The zero-order valence-electron chi connectivity index (χ0n) is 5.42. The molecule has 3 nitrogen and oxygen atoms in total. The van der Waals surface area contributed by atoms with Gasteiger partial charge in [-0.05, 0) is 0 Å². The van der Waals surface area contributed by atoms with Crippen molar-refractivity contribution in [3.8, 4) is 0 Å². The quantitative estimate of drug-likeness (QED) is 0.480. The summed E-state index contributed by atoms with van der Waals surface area (Å²) >= 11 is 0. The summed E-state index contributed by atoms with van der Waals surface area (Å²) in [4.78, 5) is 10.5. The molecule has 0 bridgehead atoms. The average molecular weight is 130 g/mol. The lowest BCUT2D eigenvalue weighted by Gasteiger charge is -2.19. The van der Waals surface area contributed by atoms with Crippen LogP contribution in [-0.2, 0) is 14.3 Å². The number of methoxy groups -OCH3 is 1. The Morgan fingerprint density at radius 2 is 2.56 bits per heavy atom. The van der Waals surface area contributed by atoms with Crippen molar-refractivity contribution in [1.82, 2.24) is 0 Å². The highest BCUT2D eigenvalue weighted by atomic mass is 16.5. The van der Waals surface area contributed by atoms with E-state index in [4.69, 9.17) is 9.47 Å². The summed E-state index contributed by atoms with van der Waals surface area (Å²) in [5.74, 6) is -0.145. The minimum atomic E-state index is -0.145. The van der Waals surface area contributed by atoms with Crippen LogP contribution in [-0.4, -0.2) is 25.8 Å². The monoisotopic (exact) mass is 130 g/mol. The number of carbonyl (C=O) groups is 1. The molecule has 1 rings (SSSR count). The highest BCUT2D eigenvalue weighted by molar-refractivity contribution is 5.70. The molecule has 0 aliphatic carbocycles. The molecule has 1 saturated heterocycles. The first-order chi connectivity index (χ1) is 4.33. The maximum Gasteiger partial charge on any atom is 0.308 e. The van der Waals surface area contributed by atoms with E-state index >= 15 is 0 Å². The SMILES string of the molecule is CO[C@H]1CCOC(=O)C1. The fourth-order valence-corrected chi connectivity index (χ4v) is 0.852. The van der Waals surface area contributed by atoms with Gasteiger partial charge in [-0.1, -0.05) is 0 Å². The molecule has 9 heavy (non-hydrogen) atoms. The minimum absolute atomic E-state index is 0.0891. The summed E-state index contributed by atoms with van der Waals surface area (Å²) < 4.78 is 9.65. The van der Waals surface area contributed by atoms with Gasteiger partial charge in [0.05, 0.1) is 19.1 Å². The molecule has 1 aliphatic rings. The van der Waals surface area contributed by atoms with E-state index in [2.05, 4.69) is 0 Å². The van der Waals surface area contributed by atoms with Gasteiger partial charge in [0.15, 0.2) is 0 Å². The van der Waals surface area contributed by atoms with Crippen LogP contribution in [0.3, 0.4) is 0 Å². The van der Waals surface area contributed by atoms with Gasteiger partial charge >= 0.3 is 5.97 Å². The van der Waals surface area contributed by atoms with Crippen LogP contribution in [0.5, 0.6) is 0 Å². The number of carbonyl (C=O) groups excluding carboxylic acids is 1. The Morgan fingerprint density at radius 3 is 3.00 bits per heavy atom. The fraction of sp³-hybridized carbons (Fsp3) is 0.833. The lowest BCUT2D eigenvalue weighted by molar-refractivity contribution is -0.152. The van der Waals surface area contributed by atoms with Gasteiger partial charge < -0.3 is 9.47 Å². The molecule has 1 fully saturated rings. The maximum absolute atomic E-state index is 10.5. The topological polar surface area (TPSA) is 35.5 Å². The summed E-state index contributed by atoms with van der Waals surface area (Å²) in [6, 6.07) is 0. The van der Waals surface area contributed by atoms with E-state index in [-0.39, 0.29) is 12.1 Å². The van der Waals surface area contributed by atoms with E-state index in [9.17, 15) is 4.79 Å². The van der Waals surface area contributed by atoms with Crippen molar-refractivity contribution in [2.45, 2.75) is 18.9 Å². The summed E-state index contributed by atoms with van der Waals surface area (Å²) in [6.45, 7) is 0.511. The molecule has 0 spiro atoms. The van der Waals surface area contributed by atoms with E-state index in [0.717, 1.165) is 6.42 Å². The first kappa shape index (κ1) is 6.55. The Labute approximate surface area is 53.9 Å². The molecule has 1 atom stereocenters. The molecule has 52 valence electrons. The van der Waals surface area contributed by atoms with Gasteiger partial charge in [-0.3, -0.25) is 4.79 Å². The number of rotatable bonds is 1. The van der Waals surface area contributed by atoms with Crippen molar-refractivity contribution in [2.75, 3.05) is 13.7 Å². The second-order valence-electron chi connectivity index (χ2n) is 2.07. The molecule has 0 aromatic rings. The van der Waals surface area contributed by atoms with Gasteiger partial charge in [0.25, 0.3) is 0 Å².